The molecule has 138 valence electrons. The molecule has 0 aliphatic carbocycles. The summed E-state index contributed by atoms with van der Waals surface area (Å²) in [7, 11) is 0. The van der Waals surface area contributed by atoms with Crippen LogP contribution >= 0.6 is 11.6 Å². The number of hydrogen-bond donors (Lipinski definition) is 2. The number of anilines is 1. The van der Waals surface area contributed by atoms with E-state index in [-0.39, 0.29) is 11.1 Å². The van der Waals surface area contributed by atoms with E-state index in [4.69, 9.17) is 11.6 Å². The van der Waals surface area contributed by atoms with Gasteiger partial charge in [-0.3, -0.25) is 4.79 Å². The molecule has 3 rings (SSSR count). The second kappa shape index (κ2) is 7.63. The molecule has 0 saturated carbocycles. The van der Waals surface area contributed by atoms with Crippen LogP contribution < -0.4 is 10.6 Å². The predicted octanol–water partition coefficient (Wildman–Crippen LogP) is 4.47. The van der Waals surface area contributed by atoms with Crippen LogP contribution in [0.15, 0.2) is 36.5 Å². The Morgan fingerprint density at radius 1 is 1.19 bits per heavy atom. The number of benzene rings is 1. The van der Waals surface area contributed by atoms with Gasteiger partial charge >= 0.3 is 6.18 Å². The molecule has 1 aromatic heterocycles. The highest BCUT2D eigenvalue weighted by Crippen LogP contribution is 2.37. The summed E-state index contributed by atoms with van der Waals surface area (Å²) in [5.41, 5.74) is 0.481. The second-order valence-corrected chi connectivity index (χ2v) is 6.53. The maximum Gasteiger partial charge on any atom is 0.416 e. The third kappa shape index (κ3) is 4.34. The van der Waals surface area contributed by atoms with Gasteiger partial charge in [0.15, 0.2) is 0 Å². The summed E-state index contributed by atoms with van der Waals surface area (Å²) in [6.45, 7) is 1.46. The van der Waals surface area contributed by atoms with E-state index in [0.29, 0.717) is 29.7 Å². The predicted molar refractivity (Wildman–Crippen MR) is 93.5 cm³/mol. The smallest absolute Gasteiger partial charge is 0.322 e. The first-order chi connectivity index (χ1) is 12.3. The zero-order valence-electron chi connectivity index (χ0n) is 13.7. The van der Waals surface area contributed by atoms with E-state index >= 15 is 0 Å². The Kier molecular flexibility index (Phi) is 5.48. The van der Waals surface area contributed by atoms with Gasteiger partial charge in [-0.2, -0.15) is 13.2 Å². The van der Waals surface area contributed by atoms with Crippen molar-refractivity contribution in [3.05, 3.63) is 58.4 Å². The van der Waals surface area contributed by atoms with E-state index in [1.165, 1.54) is 24.4 Å². The van der Waals surface area contributed by atoms with Crippen molar-refractivity contribution < 1.29 is 18.0 Å². The molecule has 4 nitrogen and oxygen atoms in total. The molecule has 1 aliphatic heterocycles. The number of pyridine rings is 1. The minimum Gasteiger partial charge on any atom is -0.322 e. The van der Waals surface area contributed by atoms with Gasteiger partial charge in [-0.15, -0.1) is 0 Å². The van der Waals surface area contributed by atoms with Crippen LogP contribution in [0.2, 0.25) is 5.15 Å². The molecular weight excluding hydrogens is 367 g/mol. The number of nitrogens with zero attached hydrogens (tertiary/aromatic N) is 1. The fourth-order valence-electron chi connectivity index (χ4n) is 3.06. The lowest BCUT2D eigenvalue weighted by Gasteiger charge is -2.26. The maximum absolute atomic E-state index is 13.1. The zero-order chi connectivity index (χ0) is 18.7. The number of alkyl halides is 3. The molecule has 1 fully saturated rings. The van der Waals surface area contributed by atoms with Crippen LogP contribution in [0, 0.1) is 0 Å². The van der Waals surface area contributed by atoms with Gasteiger partial charge in [0.1, 0.15) is 5.15 Å². The number of aromatic nitrogens is 1. The van der Waals surface area contributed by atoms with Crippen molar-refractivity contribution in [2.24, 2.45) is 0 Å². The van der Waals surface area contributed by atoms with Crippen molar-refractivity contribution in [3.8, 4) is 0 Å². The fourth-order valence-corrected chi connectivity index (χ4v) is 3.24. The van der Waals surface area contributed by atoms with Crippen LogP contribution in [0.25, 0.3) is 0 Å². The average Bonchev–Trinajstić information content (AvgIpc) is 2.62. The van der Waals surface area contributed by atoms with Gasteiger partial charge in [0.2, 0.25) is 0 Å². The first kappa shape index (κ1) is 18.7. The molecule has 2 aromatic rings. The normalized spacial score (nSPS) is 15.7. The molecule has 1 aliphatic rings. The third-order valence-corrected chi connectivity index (χ3v) is 4.60. The Morgan fingerprint density at radius 2 is 1.92 bits per heavy atom. The van der Waals surface area contributed by atoms with Gasteiger partial charge < -0.3 is 10.6 Å². The lowest BCUT2D eigenvalue weighted by Crippen LogP contribution is -2.27. The van der Waals surface area contributed by atoms with Crippen LogP contribution in [0.4, 0.5) is 18.9 Å². The lowest BCUT2D eigenvalue weighted by molar-refractivity contribution is -0.137. The minimum atomic E-state index is -4.43. The number of nitrogens with one attached hydrogen (secondary N) is 2. The number of piperidine rings is 1. The third-order valence-electron chi connectivity index (χ3n) is 4.39. The summed E-state index contributed by atoms with van der Waals surface area (Å²) in [6, 6.07) is 6.35. The van der Waals surface area contributed by atoms with Crippen LogP contribution in [0.1, 0.15) is 40.2 Å². The Hall–Kier alpha value is -2.12. The van der Waals surface area contributed by atoms with Crippen molar-refractivity contribution in [3.63, 3.8) is 0 Å². The Bertz CT molecular complexity index is 805. The maximum atomic E-state index is 13.1. The van der Waals surface area contributed by atoms with Crippen molar-refractivity contribution in [2.75, 3.05) is 18.4 Å². The first-order valence-electron chi connectivity index (χ1n) is 8.19. The lowest BCUT2D eigenvalue weighted by atomic mass is 9.88. The average molecular weight is 384 g/mol. The molecule has 8 heteroatoms. The van der Waals surface area contributed by atoms with E-state index in [2.05, 4.69) is 15.6 Å². The fraction of sp³-hybridized carbons (Fsp3) is 0.333. The molecule has 1 saturated heterocycles. The van der Waals surface area contributed by atoms with Gasteiger partial charge in [0, 0.05) is 17.4 Å². The van der Waals surface area contributed by atoms with Crippen molar-refractivity contribution in [1.82, 2.24) is 10.3 Å². The van der Waals surface area contributed by atoms with E-state index < -0.39 is 17.6 Å². The molecule has 26 heavy (non-hydrogen) atoms. The topological polar surface area (TPSA) is 54.0 Å². The first-order valence-corrected chi connectivity index (χ1v) is 8.57. The summed E-state index contributed by atoms with van der Waals surface area (Å²) in [5.74, 6) is -0.487. The van der Waals surface area contributed by atoms with E-state index in [1.807, 2.05) is 0 Å². The minimum absolute atomic E-state index is 0.0464. The summed E-state index contributed by atoms with van der Waals surface area (Å²) in [4.78, 5) is 16.3. The number of rotatable bonds is 3. The summed E-state index contributed by atoms with van der Waals surface area (Å²) < 4.78 is 39.4. The molecule has 1 aromatic carbocycles. The Balaban J connectivity index is 1.93. The number of carbonyl (C=O) groups excluding carboxylic acids is 1. The summed E-state index contributed by atoms with van der Waals surface area (Å²) >= 11 is 5.79. The Morgan fingerprint density at radius 3 is 2.58 bits per heavy atom. The van der Waals surface area contributed by atoms with Gasteiger partial charge in [-0.25, -0.2) is 4.98 Å². The van der Waals surface area contributed by atoms with Crippen LogP contribution in [0.3, 0.4) is 0 Å². The Labute approximate surface area is 153 Å². The van der Waals surface area contributed by atoms with E-state index in [0.717, 1.165) is 25.2 Å². The van der Waals surface area contributed by atoms with Crippen LogP contribution in [-0.2, 0) is 6.18 Å². The van der Waals surface area contributed by atoms with Crippen molar-refractivity contribution in [1.29, 1.82) is 0 Å². The van der Waals surface area contributed by atoms with Gasteiger partial charge in [-0.1, -0.05) is 11.6 Å². The quantitative estimate of drug-likeness (QED) is 0.769. The van der Waals surface area contributed by atoms with Crippen molar-refractivity contribution in [2.45, 2.75) is 24.9 Å². The molecule has 1 amide bonds. The second-order valence-electron chi connectivity index (χ2n) is 6.15. The SMILES string of the molecule is O=C(Nc1ccc(C(F)(F)F)cc1C1CCNCC1)c1ccnc(Cl)c1. The number of carbonyl (C=O) groups is 1. The van der Waals surface area contributed by atoms with Crippen molar-refractivity contribution >= 4 is 23.2 Å². The standard InChI is InChI=1S/C18H17ClF3N3O/c19-16-9-12(5-8-24-16)17(26)25-15-2-1-13(18(20,21)22)10-14(15)11-3-6-23-7-4-11/h1-2,5,8-11,23H,3-4,6-7H2,(H,25,26). The number of halogens is 4. The highest BCUT2D eigenvalue weighted by atomic mass is 35.5. The highest BCUT2D eigenvalue weighted by Gasteiger charge is 2.32. The highest BCUT2D eigenvalue weighted by molar-refractivity contribution is 6.29. The largest absolute Gasteiger partial charge is 0.416 e. The molecule has 2 heterocycles. The van der Waals surface area contributed by atoms with Crippen LogP contribution in [-0.4, -0.2) is 24.0 Å². The monoisotopic (exact) mass is 383 g/mol. The van der Waals surface area contributed by atoms with E-state index in [1.54, 1.807) is 0 Å². The number of hydrogen-bond acceptors (Lipinski definition) is 3. The van der Waals surface area contributed by atoms with Gasteiger partial charge in [0.05, 0.1) is 5.56 Å². The van der Waals surface area contributed by atoms with E-state index in [9.17, 15) is 18.0 Å². The summed E-state index contributed by atoms with van der Waals surface area (Å²) in [6.07, 6.45) is -1.60. The number of amides is 1. The molecule has 0 unspecified atom stereocenters. The van der Waals surface area contributed by atoms with Gasteiger partial charge in [-0.05, 0) is 67.7 Å². The molecule has 0 spiro atoms. The molecular formula is C18H17ClF3N3O. The van der Waals surface area contributed by atoms with Gasteiger partial charge in [0.25, 0.3) is 5.91 Å². The van der Waals surface area contributed by atoms with Crippen LogP contribution in [0.5, 0.6) is 0 Å². The molecule has 0 atom stereocenters. The zero-order valence-corrected chi connectivity index (χ0v) is 14.5. The molecule has 2 N–H and O–H groups in total. The molecule has 0 bridgehead atoms. The summed E-state index contributed by atoms with van der Waals surface area (Å²) in [5, 5.41) is 6.08. The molecule has 0 radical (unpaired) electrons.